The van der Waals surface area contributed by atoms with Crippen molar-refractivity contribution in [1.82, 2.24) is 4.90 Å². The van der Waals surface area contributed by atoms with Crippen molar-refractivity contribution >= 4 is 17.9 Å². The monoisotopic (exact) mass is 429 g/mol. The molecule has 3 unspecified atom stereocenters. The van der Waals surface area contributed by atoms with E-state index in [9.17, 15) is 19.5 Å². The second-order valence-electron chi connectivity index (χ2n) is 10.1. The quantitative estimate of drug-likeness (QED) is 0.494. The van der Waals surface area contributed by atoms with E-state index in [1.54, 1.807) is 41.5 Å². The highest BCUT2D eigenvalue weighted by molar-refractivity contribution is 5.85. The minimum absolute atomic E-state index is 0.164. The molecule has 0 aromatic heterocycles. The van der Waals surface area contributed by atoms with E-state index in [4.69, 9.17) is 9.47 Å². The summed E-state index contributed by atoms with van der Waals surface area (Å²) in [7, 11) is 0. The van der Waals surface area contributed by atoms with Crippen LogP contribution in [0.25, 0.3) is 0 Å². The number of carboxylic acid groups (broad SMARTS) is 1. The summed E-state index contributed by atoms with van der Waals surface area (Å²) in [6.45, 7) is 20.6. The van der Waals surface area contributed by atoms with Crippen LogP contribution in [0.4, 0.5) is 0 Å². The van der Waals surface area contributed by atoms with Crippen molar-refractivity contribution in [2.45, 2.75) is 100 Å². The molecular formula is C23H43NO6. The number of carboxylic acids is 1. The van der Waals surface area contributed by atoms with Crippen LogP contribution < -0.4 is 0 Å². The van der Waals surface area contributed by atoms with Crippen molar-refractivity contribution in [3.05, 3.63) is 0 Å². The molecule has 30 heavy (non-hydrogen) atoms. The molecule has 3 atom stereocenters. The minimum Gasteiger partial charge on any atom is -0.481 e. The largest absolute Gasteiger partial charge is 0.481 e. The molecular weight excluding hydrogens is 386 g/mol. The molecule has 0 aromatic rings. The van der Waals surface area contributed by atoms with Crippen LogP contribution >= 0.6 is 0 Å². The van der Waals surface area contributed by atoms with Gasteiger partial charge in [-0.15, -0.1) is 0 Å². The Morgan fingerprint density at radius 1 is 0.967 bits per heavy atom. The first kappa shape index (κ1) is 28.4. The standard InChI is InChI=1S/C23H43NO6/c1-12-22(10,20(28)29-14-13-24(15(2)3)16(4)5)18(19(26)27)23(11,21(7,8)9)30-17(6)25/h15-16,18H,12-14H2,1-11H3,(H,26,27). The van der Waals surface area contributed by atoms with Crippen LogP contribution in [0.15, 0.2) is 0 Å². The molecule has 176 valence electrons. The zero-order chi connectivity index (χ0) is 24.1. The van der Waals surface area contributed by atoms with E-state index in [0.29, 0.717) is 18.6 Å². The summed E-state index contributed by atoms with van der Waals surface area (Å²) in [5.41, 5.74) is -3.52. The zero-order valence-corrected chi connectivity index (χ0v) is 20.8. The number of aliphatic carboxylic acids is 1. The maximum atomic E-state index is 13.2. The predicted octanol–water partition coefficient (Wildman–Crippen LogP) is 4.13. The van der Waals surface area contributed by atoms with Crippen LogP contribution in [-0.2, 0) is 23.9 Å². The summed E-state index contributed by atoms with van der Waals surface area (Å²) in [5, 5.41) is 10.2. The predicted molar refractivity (Wildman–Crippen MR) is 117 cm³/mol. The molecule has 0 rings (SSSR count). The first-order valence-electron chi connectivity index (χ1n) is 10.8. The van der Waals surface area contributed by atoms with Crippen LogP contribution in [0.3, 0.4) is 0 Å². The van der Waals surface area contributed by atoms with Crippen molar-refractivity contribution in [1.29, 1.82) is 0 Å². The van der Waals surface area contributed by atoms with E-state index in [1.165, 1.54) is 6.92 Å². The lowest BCUT2D eigenvalue weighted by atomic mass is 9.59. The van der Waals surface area contributed by atoms with E-state index in [1.807, 2.05) is 0 Å². The third-order valence-corrected chi connectivity index (χ3v) is 6.39. The lowest BCUT2D eigenvalue weighted by molar-refractivity contribution is -0.206. The molecule has 0 radical (unpaired) electrons. The fraction of sp³-hybridized carbons (Fsp3) is 0.870. The van der Waals surface area contributed by atoms with Crippen molar-refractivity contribution in [3.8, 4) is 0 Å². The molecule has 0 aromatic carbocycles. The number of esters is 2. The SMILES string of the molecule is CCC(C)(C(=O)OCCN(C(C)C)C(C)C)C(C(=O)O)C(C)(OC(C)=O)C(C)(C)C. The Hall–Kier alpha value is -1.63. The fourth-order valence-electron chi connectivity index (χ4n) is 4.05. The van der Waals surface area contributed by atoms with Crippen molar-refractivity contribution in [3.63, 3.8) is 0 Å². The van der Waals surface area contributed by atoms with E-state index in [0.717, 1.165) is 0 Å². The van der Waals surface area contributed by atoms with E-state index in [-0.39, 0.29) is 13.0 Å². The van der Waals surface area contributed by atoms with Gasteiger partial charge in [0.2, 0.25) is 0 Å². The van der Waals surface area contributed by atoms with Gasteiger partial charge >= 0.3 is 17.9 Å². The number of hydrogen-bond acceptors (Lipinski definition) is 6. The molecule has 1 N–H and O–H groups in total. The maximum Gasteiger partial charge on any atom is 0.312 e. The molecule has 0 aliphatic heterocycles. The Labute approximate surface area is 182 Å². The summed E-state index contributed by atoms with van der Waals surface area (Å²) in [6, 6.07) is 0.586. The van der Waals surface area contributed by atoms with Gasteiger partial charge in [0.05, 0.1) is 5.41 Å². The van der Waals surface area contributed by atoms with Crippen LogP contribution in [0.2, 0.25) is 0 Å². The van der Waals surface area contributed by atoms with Crippen molar-refractivity contribution in [2.24, 2.45) is 16.7 Å². The van der Waals surface area contributed by atoms with Gasteiger partial charge in [0.1, 0.15) is 18.1 Å². The van der Waals surface area contributed by atoms with Gasteiger partial charge in [0.25, 0.3) is 0 Å². The average molecular weight is 430 g/mol. The summed E-state index contributed by atoms with van der Waals surface area (Å²) >= 11 is 0. The fourth-order valence-corrected chi connectivity index (χ4v) is 4.05. The van der Waals surface area contributed by atoms with Gasteiger partial charge in [0, 0.05) is 31.0 Å². The highest BCUT2D eigenvalue weighted by atomic mass is 16.6. The first-order chi connectivity index (χ1) is 13.5. The van der Waals surface area contributed by atoms with Gasteiger partial charge in [-0.25, -0.2) is 0 Å². The van der Waals surface area contributed by atoms with E-state index in [2.05, 4.69) is 32.6 Å². The normalized spacial score (nSPS) is 17.4. The molecule has 0 bridgehead atoms. The lowest BCUT2D eigenvalue weighted by Crippen LogP contribution is -2.60. The summed E-state index contributed by atoms with van der Waals surface area (Å²) in [4.78, 5) is 39.7. The molecule has 0 fully saturated rings. The molecule has 0 saturated heterocycles. The maximum absolute atomic E-state index is 13.2. The van der Waals surface area contributed by atoms with Gasteiger partial charge in [-0.3, -0.25) is 19.3 Å². The number of hydrogen-bond donors (Lipinski definition) is 1. The molecule has 0 aliphatic rings. The second-order valence-corrected chi connectivity index (χ2v) is 10.1. The van der Waals surface area contributed by atoms with Gasteiger partial charge in [-0.2, -0.15) is 0 Å². The van der Waals surface area contributed by atoms with Crippen molar-refractivity contribution in [2.75, 3.05) is 13.2 Å². The number of carbonyl (C=O) groups is 3. The third kappa shape index (κ3) is 6.43. The number of nitrogens with zero attached hydrogens (tertiary/aromatic N) is 1. The van der Waals surface area contributed by atoms with Crippen LogP contribution in [0.5, 0.6) is 0 Å². The number of rotatable bonds is 11. The average Bonchev–Trinajstić information content (AvgIpc) is 2.55. The summed E-state index contributed by atoms with van der Waals surface area (Å²) < 4.78 is 11.2. The first-order valence-corrected chi connectivity index (χ1v) is 10.8. The molecule has 0 heterocycles. The van der Waals surface area contributed by atoms with Crippen LogP contribution in [0.1, 0.15) is 82.6 Å². The third-order valence-electron chi connectivity index (χ3n) is 6.39. The van der Waals surface area contributed by atoms with Gasteiger partial charge in [0.15, 0.2) is 0 Å². The second kappa shape index (κ2) is 10.6. The zero-order valence-electron chi connectivity index (χ0n) is 20.8. The molecule has 7 heteroatoms. The summed E-state index contributed by atoms with van der Waals surface area (Å²) in [6.07, 6.45) is 0.230. The Kier molecular flexibility index (Phi) is 10.0. The molecule has 0 saturated carbocycles. The van der Waals surface area contributed by atoms with Crippen molar-refractivity contribution < 1.29 is 29.0 Å². The number of carbonyl (C=O) groups excluding carboxylic acids is 2. The smallest absolute Gasteiger partial charge is 0.312 e. The Morgan fingerprint density at radius 2 is 1.43 bits per heavy atom. The van der Waals surface area contributed by atoms with Crippen LogP contribution in [-0.4, -0.2) is 58.8 Å². The van der Waals surface area contributed by atoms with Gasteiger partial charge < -0.3 is 14.6 Å². The molecule has 0 aliphatic carbocycles. The van der Waals surface area contributed by atoms with E-state index >= 15 is 0 Å². The Bertz CT molecular complexity index is 601. The topological polar surface area (TPSA) is 93.1 Å². The number of ether oxygens (including phenoxy) is 2. The van der Waals surface area contributed by atoms with E-state index < -0.39 is 40.3 Å². The highest BCUT2D eigenvalue weighted by Crippen LogP contribution is 2.49. The Balaban J connectivity index is 5.94. The summed E-state index contributed by atoms with van der Waals surface area (Å²) in [5.74, 6) is -3.65. The minimum atomic E-state index is -1.42. The molecule has 0 amide bonds. The Morgan fingerprint density at radius 3 is 1.73 bits per heavy atom. The van der Waals surface area contributed by atoms with Gasteiger partial charge in [-0.05, 0) is 48.0 Å². The molecule has 7 nitrogen and oxygen atoms in total. The molecule has 0 spiro atoms. The van der Waals surface area contributed by atoms with Crippen LogP contribution in [0, 0.1) is 16.7 Å². The lowest BCUT2D eigenvalue weighted by Gasteiger charge is -2.49. The van der Waals surface area contributed by atoms with Gasteiger partial charge in [-0.1, -0.05) is 27.7 Å². The highest BCUT2D eigenvalue weighted by Gasteiger charge is 2.60.